The lowest BCUT2D eigenvalue weighted by Gasteiger charge is -2.23. The van der Waals surface area contributed by atoms with E-state index in [1.165, 1.54) is 30.5 Å². The number of halogens is 1. The molecule has 0 fully saturated rings. The number of benzene rings is 3. The minimum atomic E-state index is -3.78. The van der Waals surface area contributed by atoms with E-state index in [1.807, 2.05) is 0 Å². The summed E-state index contributed by atoms with van der Waals surface area (Å²) < 4.78 is 26.0. The van der Waals surface area contributed by atoms with Gasteiger partial charge in [0.15, 0.2) is 0 Å². The fraction of sp³-hybridized carbons (Fsp3) is 0.167. The Hall–Kier alpha value is -3.44. The third-order valence-electron chi connectivity index (χ3n) is 5.23. The summed E-state index contributed by atoms with van der Waals surface area (Å²) >= 11 is 5.94. The van der Waals surface area contributed by atoms with Gasteiger partial charge in [0.25, 0.3) is 0 Å². The van der Waals surface area contributed by atoms with Crippen molar-refractivity contribution >= 4 is 33.7 Å². The van der Waals surface area contributed by atoms with Gasteiger partial charge < -0.3 is 20.1 Å². The second-order valence-corrected chi connectivity index (χ2v) is 10.00. The average Bonchev–Trinajstić information content (AvgIpc) is 2.85. The van der Waals surface area contributed by atoms with E-state index in [1.54, 1.807) is 48.5 Å². The highest BCUT2D eigenvalue weighted by atomic mass is 35.5. The van der Waals surface area contributed by atoms with Crippen molar-refractivity contribution in [2.24, 2.45) is 11.1 Å². The van der Waals surface area contributed by atoms with E-state index in [2.05, 4.69) is 10.1 Å². The average molecular weight is 518 g/mol. The van der Waals surface area contributed by atoms with Gasteiger partial charge in [-0.15, -0.1) is 5.90 Å². The molecule has 3 aromatic rings. The van der Waals surface area contributed by atoms with Crippen molar-refractivity contribution in [2.45, 2.75) is 22.3 Å². The molecule has 0 aromatic heterocycles. The molecule has 0 aliphatic carbocycles. The summed E-state index contributed by atoms with van der Waals surface area (Å²) in [5.74, 6) is 4.85. The van der Waals surface area contributed by atoms with Crippen LogP contribution < -0.4 is 5.90 Å². The van der Waals surface area contributed by atoms with E-state index in [0.29, 0.717) is 22.6 Å². The molecule has 3 rings (SSSR count). The van der Waals surface area contributed by atoms with Gasteiger partial charge in [-0.25, -0.2) is 13.2 Å². The fourth-order valence-electron chi connectivity index (χ4n) is 3.38. The number of nitrogens with two attached hydrogens (primary N) is 1. The summed E-state index contributed by atoms with van der Waals surface area (Å²) in [5, 5.41) is 23.8. The summed E-state index contributed by atoms with van der Waals surface area (Å²) in [5.41, 5.74) is 1.76. The summed E-state index contributed by atoms with van der Waals surface area (Å²) in [7, 11) is -3.78. The monoisotopic (exact) mass is 517 g/mol. The number of carbonyl (C=O) groups is 1. The number of rotatable bonds is 10. The predicted octanol–water partition coefficient (Wildman–Crippen LogP) is 3.65. The van der Waals surface area contributed by atoms with Gasteiger partial charge >= 0.3 is 6.09 Å². The molecule has 0 saturated heterocycles. The van der Waals surface area contributed by atoms with Gasteiger partial charge in [0.2, 0.25) is 9.84 Å². The van der Waals surface area contributed by atoms with Gasteiger partial charge in [-0.2, -0.15) is 0 Å². The lowest BCUT2D eigenvalue weighted by atomic mass is 10.1. The molecule has 0 spiro atoms. The Balaban J connectivity index is 1.68. The zero-order valence-corrected chi connectivity index (χ0v) is 20.1. The van der Waals surface area contributed by atoms with Crippen molar-refractivity contribution < 1.29 is 28.4 Å². The molecule has 0 bridgehead atoms. The first-order chi connectivity index (χ1) is 16.7. The Morgan fingerprint density at radius 1 is 1.09 bits per heavy atom. The Morgan fingerprint density at radius 3 is 2.46 bits per heavy atom. The SMILES string of the molecule is NON=Cc1cccc(S(=O)(=O)c2ccc(CCN(C[C@H](O)c3cccc(Cl)c3)C(=O)O)cc2)c1. The molecule has 0 aliphatic heterocycles. The molecule has 4 N–H and O–H groups in total. The minimum absolute atomic E-state index is 0.0817. The first-order valence-electron chi connectivity index (χ1n) is 10.5. The summed E-state index contributed by atoms with van der Waals surface area (Å²) in [6.45, 7) is -0.0133. The Labute approximate surface area is 207 Å². The third-order valence-corrected chi connectivity index (χ3v) is 7.23. The highest BCUT2D eigenvalue weighted by Crippen LogP contribution is 2.23. The summed E-state index contributed by atoms with van der Waals surface area (Å²) in [4.78, 5) is 17.1. The minimum Gasteiger partial charge on any atom is -0.465 e. The topological polar surface area (TPSA) is 143 Å². The van der Waals surface area contributed by atoms with E-state index in [-0.39, 0.29) is 22.9 Å². The maximum absolute atomic E-state index is 13.0. The second kappa shape index (κ2) is 11.8. The molecule has 184 valence electrons. The Bertz CT molecular complexity index is 1300. The van der Waals surface area contributed by atoms with Crippen LogP contribution in [-0.4, -0.2) is 48.9 Å². The molecule has 0 radical (unpaired) electrons. The van der Waals surface area contributed by atoms with Gasteiger partial charge in [-0.1, -0.05) is 53.2 Å². The molecule has 11 heteroatoms. The molecular formula is C24H24ClN3O6S. The second-order valence-electron chi connectivity index (χ2n) is 7.61. The van der Waals surface area contributed by atoms with Crippen LogP contribution in [0.5, 0.6) is 0 Å². The van der Waals surface area contributed by atoms with E-state index >= 15 is 0 Å². The highest BCUT2D eigenvalue weighted by molar-refractivity contribution is 7.91. The van der Waals surface area contributed by atoms with Crippen molar-refractivity contribution in [3.63, 3.8) is 0 Å². The predicted molar refractivity (Wildman–Crippen MR) is 131 cm³/mol. The zero-order chi connectivity index (χ0) is 25.4. The maximum atomic E-state index is 13.0. The van der Waals surface area contributed by atoms with Crippen LogP contribution in [0, 0.1) is 0 Å². The lowest BCUT2D eigenvalue weighted by Crippen LogP contribution is -2.35. The fourth-order valence-corrected chi connectivity index (χ4v) is 4.90. The maximum Gasteiger partial charge on any atom is 0.407 e. The summed E-state index contributed by atoms with van der Waals surface area (Å²) in [6.07, 6.45) is -0.581. The van der Waals surface area contributed by atoms with Crippen LogP contribution in [0.1, 0.15) is 22.8 Å². The molecule has 35 heavy (non-hydrogen) atoms. The zero-order valence-electron chi connectivity index (χ0n) is 18.5. The van der Waals surface area contributed by atoms with E-state index in [0.717, 1.165) is 10.5 Å². The lowest BCUT2D eigenvalue weighted by molar-refractivity contribution is 0.0973. The highest BCUT2D eigenvalue weighted by Gasteiger charge is 2.20. The van der Waals surface area contributed by atoms with Gasteiger partial charge in [-0.05, 0) is 59.5 Å². The molecule has 0 unspecified atom stereocenters. The smallest absolute Gasteiger partial charge is 0.407 e. The summed E-state index contributed by atoms with van der Waals surface area (Å²) in [6, 6.07) is 19.0. The number of hydrogen-bond donors (Lipinski definition) is 3. The van der Waals surface area contributed by atoms with Crippen LogP contribution in [0.2, 0.25) is 5.02 Å². The van der Waals surface area contributed by atoms with Crippen LogP contribution in [0.3, 0.4) is 0 Å². The van der Waals surface area contributed by atoms with E-state index in [9.17, 15) is 23.4 Å². The van der Waals surface area contributed by atoms with Gasteiger partial charge in [0.1, 0.15) is 0 Å². The van der Waals surface area contributed by atoms with Crippen LogP contribution in [-0.2, 0) is 21.2 Å². The molecule has 0 heterocycles. The number of sulfone groups is 1. The molecule has 9 nitrogen and oxygen atoms in total. The van der Waals surface area contributed by atoms with Gasteiger partial charge in [0, 0.05) is 11.6 Å². The number of nitrogens with zero attached hydrogens (tertiary/aromatic N) is 2. The van der Waals surface area contributed by atoms with Crippen LogP contribution in [0.4, 0.5) is 4.79 Å². The normalized spacial score (nSPS) is 12.4. The van der Waals surface area contributed by atoms with Crippen molar-refractivity contribution in [2.75, 3.05) is 13.1 Å². The van der Waals surface area contributed by atoms with Crippen LogP contribution >= 0.6 is 11.6 Å². The molecular weight excluding hydrogens is 494 g/mol. The van der Waals surface area contributed by atoms with E-state index < -0.39 is 22.0 Å². The van der Waals surface area contributed by atoms with Crippen molar-refractivity contribution in [3.05, 3.63) is 94.5 Å². The standard InChI is InChI=1S/C24H24ClN3O6S/c25-20-5-2-4-19(14-20)23(29)16-28(24(30)31)12-11-17-7-9-21(10-8-17)35(32,33)22-6-1-3-18(13-22)15-27-34-26/h1-10,13-15,23,29H,11-12,16,26H2,(H,30,31)/t23-/m0/s1. The number of amides is 1. The van der Waals surface area contributed by atoms with Crippen molar-refractivity contribution in [1.82, 2.24) is 4.90 Å². The Kier molecular flexibility index (Phi) is 8.83. The molecule has 0 saturated carbocycles. The number of hydrogen-bond acceptors (Lipinski definition) is 7. The molecule has 1 atom stereocenters. The number of oxime groups is 1. The largest absolute Gasteiger partial charge is 0.465 e. The quantitative estimate of drug-likeness (QED) is 0.275. The number of aliphatic hydroxyl groups is 1. The van der Waals surface area contributed by atoms with Crippen LogP contribution in [0.25, 0.3) is 0 Å². The molecule has 1 amide bonds. The first-order valence-corrected chi connectivity index (χ1v) is 12.3. The van der Waals surface area contributed by atoms with Gasteiger partial charge in [0.05, 0.1) is 28.7 Å². The number of aliphatic hydroxyl groups excluding tert-OH is 1. The third kappa shape index (κ3) is 7.03. The van der Waals surface area contributed by atoms with Gasteiger partial charge in [-0.3, -0.25) is 0 Å². The Morgan fingerprint density at radius 2 is 1.80 bits per heavy atom. The van der Waals surface area contributed by atoms with Crippen LogP contribution in [0.15, 0.2) is 87.7 Å². The molecule has 3 aromatic carbocycles. The van der Waals surface area contributed by atoms with E-state index in [4.69, 9.17) is 17.5 Å². The first kappa shape index (κ1) is 26.2. The van der Waals surface area contributed by atoms with Crippen molar-refractivity contribution in [1.29, 1.82) is 0 Å². The number of carboxylic acid groups (broad SMARTS) is 1. The van der Waals surface area contributed by atoms with Crippen molar-refractivity contribution in [3.8, 4) is 0 Å². The molecule has 0 aliphatic rings.